The molecule has 2 nitrogen and oxygen atoms in total. The van der Waals surface area contributed by atoms with E-state index in [4.69, 9.17) is 5.73 Å². The third-order valence-electron chi connectivity index (χ3n) is 2.93. The molecule has 90 valence electrons. The first-order valence-corrected chi connectivity index (χ1v) is 7.13. The minimum atomic E-state index is 0.600. The van der Waals surface area contributed by atoms with E-state index < -0.39 is 0 Å². The molecule has 1 aromatic rings. The third-order valence-corrected chi connectivity index (χ3v) is 3.65. The van der Waals surface area contributed by atoms with Crippen LogP contribution in [0.1, 0.15) is 18.9 Å². The van der Waals surface area contributed by atoms with Gasteiger partial charge in [0.15, 0.2) is 0 Å². The van der Waals surface area contributed by atoms with Gasteiger partial charge in [0.05, 0.1) is 0 Å². The molecule has 0 radical (unpaired) electrons. The van der Waals surface area contributed by atoms with Crippen molar-refractivity contribution in [3.05, 3.63) is 29.8 Å². The van der Waals surface area contributed by atoms with Crippen LogP contribution < -0.4 is 10.6 Å². The Morgan fingerprint density at radius 1 is 1.44 bits per heavy atom. The molecule has 1 rings (SSSR count). The summed E-state index contributed by atoms with van der Waals surface area (Å²) in [5.74, 6) is 1.17. The Balaban J connectivity index is 2.80. The van der Waals surface area contributed by atoms with Crippen LogP contribution in [0.15, 0.2) is 24.3 Å². The summed E-state index contributed by atoms with van der Waals surface area (Å²) in [6.07, 6.45) is 3.33. The average Bonchev–Trinajstić information content (AvgIpc) is 2.35. The second-order valence-electron chi connectivity index (χ2n) is 4.00. The summed E-state index contributed by atoms with van der Waals surface area (Å²) in [6.45, 7) is 2.85. The van der Waals surface area contributed by atoms with Gasteiger partial charge in [0.1, 0.15) is 0 Å². The summed E-state index contributed by atoms with van der Waals surface area (Å²) in [5, 5.41) is 0. The summed E-state index contributed by atoms with van der Waals surface area (Å²) in [4.78, 5) is 2.36. The number of thioether (sulfide) groups is 1. The molecule has 0 aliphatic carbocycles. The lowest BCUT2D eigenvalue weighted by Crippen LogP contribution is -2.33. The fourth-order valence-corrected chi connectivity index (χ4v) is 2.65. The van der Waals surface area contributed by atoms with Gasteiger partial charge in [-0.3, -0.25) is 0 Å². The molecule has 0 aliphatic heterocycles. The fraction of sp³-hybridized carbons (Fsp3) is 0.538. The molecule has 0 saturated carbocycles. The molecule has 1 aromatic carbocycles. The molecular formula is C13H22N2S. The standard InChI is InChI=1S/C13H22N2S/c1-4-12(10-16-3)15(2)13-7-5-6-11(8-13)9-14/h5-8,12H,4,9-10,14H2,1-3H3. The molecule has 1 unspecified atom stereocenters. The van der Waals surface area contributed by atoms with Gasteiger partial charge in [-0.05, 0) is 30.4 Å². The Labute approximate surface area is 103 Å². The van der Waals surface area contributed by atoms with Crippen molar-refractivity contribution in [3.8, 4) is 0 Å². The van der Waals surface area contributed by atoms with Gasteiger partial charge < -0.3 is 10.6 Å². The fourth-order valence-electron chi connectivity index (χ4n) is 1.81. The van der Waals surface area contributed by atoms with Gasteiger partial charge in [0, 0.05) is 31.1 Å². The number of hydrogen-bond acceptors (Lipinski definition) is 3. The summed E-state index contributed by atoms with van der Waals surface area (Å²) >= 11 is 1.90. The van der Waals surface area contributed by atoms with Gasteiger partial charge >= 0.3 is 0 Å². The van der Waals surface area contributed by atoms with E-state index >= 15 is 0 Å². The number of benzene rings is 1. The van der Waals surface area contributed by atoms with Crippen molar-refractivity contribution in [1.82, 2.24) is 0 Å². The maximum atomic E-state index is 5.66. The second-order valence-corrected chi connectivity index (χ2v) is 4.91. The number of hydrogen-bond donors (Lipinski definition) is 1. The van der Waals surface area contributed by atoms with Crippen molar-refractivity contribution in [3.63, 3.8) is 0 Å². The topological polar surface area (TPSA) is 29.3 Å². The number of nitrogens with zero attached hydrogens (tertiary/aromatic N) is 1. The van der Waals surface area contributed by atoms with Crippen LogP contribution in [0.4, 0.5) is 5.69 Å². The Hall–Kier alpha value is -0.670. The molecule has 0 aromatic heterocycles. The number of nitrogens with two attached hydrogens (primary N) is 1. The second kappa shape index (κ2) is 6.81. The maximum Gasteiger partial charge on any atom is 0.0374 e. The largest absolute Gasteiger partial charge is 0.371 e. The molecule has 2 N–H and O–H groups in total. The first-order valence-electron chi connectivity index (χ1n) is 5.73. The van der Waals surface area contributed by atoms with Crippen LogP contribution in [0.5, 0.6) is 0 Å². The van der Waals surface area contributed by atoms with Crippen LogP contribution in [-0.4, -0.2) is 25.1 Å². The molecular weight excluding hydrogens is 216 g/mol. The molecule has 0 bridgehead atoms. The summed E-state index contributed by atoms with van der Waals surface area (Å²) in [6, 6.07) is 9.10. The lowest BCUT2D eigenvalue weighted by atomic mass is 10.1. The van der Waals surface area contributed by atoms with Gasteiger partial charge in [-0.25, -0.2) is 0 Å². The molecule has 0 heterocycles. The summed E-state index contributed by atoms with van der Waals surface area (Å²) in [5.41, 5.74) is 8.13. The van der Waals surface area contributed by atoms with Crippen molar-refractivity contribution in [2.24, 2.45) is 5.73 Å². The highest BCUT2D eigenvalue weighted by Gasteiger charge is 2.12. The van der Waals surface area contributed by atoms with Gasteiger partial charge in [-0.2, -0.15) is 11.8 Å². The minimum Gasteiger partial charge on any atom is -0.371 e. The molecule has 0 fully saturated rings. The Bertz CT molecular complexity index is 315. The quantitative estimate of drug-likeness (QED) is 0.826. The average molecular weight is 238 g/mol. The zero-order valence-electron chi connectivity index (χ0n) is 10.4. The van der Waals surface area contributed by atoms with Crippen LogP contribution in [-0.2, 0) is 6.54 Å². The minimum absolute atomic E-state index is 0.600. The Kier molecular flexibility index (Phi) is 5.71. The first-order chi connectivity index (χ1) is 7.72. The van der Waals surface area contributed by atoms with E-state index in [2.05, 4.69) is 49.4 Å². The van der Waals surface area contributed by atoms with Crippen LogP contribution in [0.2, 0.25) is 0 Å². The lowest BCUT2D eigenvalue weighted by Gasteiger charge is -2.29. The van der Waals surface area contributed by atoms with E-state index in [9.17, 15) is 0 Å². The molecule has 1 atom stereocenters. The number of anilines is 1. The van der Waals surface area contributed by atoms with Gasteiger partial charge in [0.25, 0.3) is 0 Å². The van der Waals surface area contributed by atoms with Crippen molar-refractivity contribution >= 4 is 17.4 Å². The van der Waals surface area contributed by atoms with Gasteiger partial charge in [-0.1, -0.05) is 19.1 Å². The maximum absolute atomic E-state index is 5.66. The van der Waals surface area contributed by atoms with Crippen molar-refractivity contribution in [2.45, 2.75) is 25.9 Å². The van der Waals surface area contributed by atoms with Crippen LogP contribution >= 0.6 is 11.8 Å². The highest BCUT2D eigenvalue weighted by molar-refractivity contribution is 7.98. The van der Waals surface area contributed by atoms with Gasteiger partial charge in [0.2, 0.25) is 0 Å². The third kappa shape index (κ3) is 3.42. The molecule has 0 saturated heterocycles. The molecule has 0 spiro atoms. The number of rotatable bonds is 6. The van der Waals surface area contributed by atoms with E-state index in [0.717, 1.165) is 0 Å². The Morgan fingerprint density at radius 3 is 2.75 bits per heavy atom. The highest BCUT2D eigenvalue weighted by atomic mass is 32.2. The van der Waals surface area contributed by atoms with Crippen LogP contribution in [0.25, 0.3) is 0 Å². The monoisotopic (exact) mass is 238 g/mol. The zero-order chi connectivity index (χ0) is 12.0. The zero-order valence-corrected chi connectivity index (χ0v) is 11.3. The van der Waals surface area contributed by atoms with Crippen molar-refractivity contribution in [2.75, 3.05) is 24.0 Å². The molecule has 0 aliphatic rings. The predicted octanol–water partition coefficient (Wildman–Crippen LogP) is 2.72. The SMILES string of the molecule is CCC(CSC)N(C)c1cccc(CN)c1. The van der Waals surface area contributed by atoms with Gasteiger partial charge in [-0.15, -0.1) is 0 Å². The predicted molar refractivity (Wildman–Crippen MR) is 75.2 cm³/mol. The van der Waals surface area contributed by atoms with Crippen LogP contribution in [0, 0.1) is 0 Å². The van der Waals surface area contributed by atoms with E-state index in [1.165, 1.54) is 23.4 Å². The first kappa shape index (κ1) is 13.4. The molecule has 3 heteroatoms. The van der Waals surface area contributed by atoms with E-state index in [1.54, 1.807) is 0 Å². The van der Waals surface area contributed by atoms with Crippen LogP contribution in [0.3, 0.4) is 0 Å². The molecule has 16 heavy (non-hydrogen) atoms. The summed E-state index contributed by atoms with van der Waals surface area (Å²) in [7, 11) is 2.17. The smallest absolute Gasteiger partial charge is 0.0374 e. The Morgan fingerprint density at radius 2 is 2.19 bits per heavy atom. The summed E-state index contributed by atoms with van der Waals surface area (Å²) < 4.78 is 0. The highest BCUT2D eigenvalue weighted by Crippen LogP contribution is 2.20. The molecule has 0 amide bonds. The van der Waals surface area contributed by atoms with E-state index in [1.807, 2.05) is 11.8 Å². The van der Waals surface area contributed by atoms with Crippen molar-refractivity contribution < 1.29 is 0 Å². The lowest BCUT2D eigenvalue weighted by molar-refractivity contribution is 0.673. The normalized spacial score (nSPS) is 12.5. The van der Waals surface area contributed by atoms with E-state index in [-0.39, 0.29) is 0 Å². The van der Waals surface area contributed by atoms with E-state index in [0.29, 0.717) is 12.6 Å². The van der Waals surface area contributed by atoms with Crippen molar-refractivity contribution in [1.29, 1.82) is 0 Å².